The Morgan fingerprint density at radius 1 is 1.07 bits per heavy atom. The molecule has 0 amide bonds. The van der Waals surface area contributed by atoms with Crippen LogP contribution in [-0.4, -0.2) is 13.0 Å². The highest BCUT2D eigenvalue weighted by molar-refractivity contribution is 7.89. The molecule has 3 nitrogen and oxygen atoms in total. The van der Waals surface area contributed by atoms with Crippen LogP contribution in [-0.2, 0) is 10.1 Å². The van der Waals surface area contributed by atoms with E-state index >= 15 is 0 Å². The molecule has 0 radical (unpaired) electrons. The van der Waals surface area contributed by atoms with Crippen LogP contribution >= 0.6 is 0 Å². The van der Waals surface area contributed by atoms with Crippen molar-refractivity contribution in [3.8, 4) is 0 Å². The Morgan fingerprint density at radius 2 is 1.53 bits per heavy atom. The molecule has 0 saturated heterocycles. The van der Waals surface area contributed by atoms with Gasteiger partial charge in [0.1, 0.15) is 0 Å². The average Bonchev–Trinajstić information content (AvgIpc) is 2.16. The van der Waals surface area contributed by atoms with Crippen LogP contribution in [0.3, 0.4) is 0 Å². The molecule has 0 atom stereocenters. The zero-order valence-electron chi connectivity index (χ0n) is 10.1. The third-order valence-electron chi connectivity index (χ3n) is 2.85. The van der Waals surface area contributed by atoms with Crippen LogP contribution in [0.25, 0.3) is 0 Å². The Morgan fingerprint density at radius 3 is 1.73 bits per heavy atom. The first-order valence-electron chi connectivity index (χ1n) is 5.61. The van der Waals surface area contributed by atoms with E-state index in [1.807, 2.05) is 20.8 Å². The summed E-state index contributed by atoms with van der Waals surface area (Å²) in [6.07, 6.45) is 2.89. The van der Waals surface area contributed by atoms with Crippen molar-refractivity contribution in [2.24, 2.45) is 5.92 Å². The highest BCUT2D eigenvalue weighted by atomic mass is 32.2. The van der Waals surface area contributed by atoms with Crippen molar-refractivity contribution in [2.45, 2.75) is 53.4 Å². The van der Waals surface area contributed by atoms with Crippen LogP contribution in [0.5, 0.6) is 0 Å². The summed E-state index contributed by atoms with van der Waals surface area (Å²) in [5.41, 5.74) is 0.894. The van der Waals surface area contributed by atoms with Crippen LogP contribution < -0.4 is 0 Å². The SMILES string of the molecule is CCC(=C(CC)S(=O)(=O)O)C(CC)CC. The van der Waals surface area contributed by atoms with Gasteiger partial charge >= 0.3 is 0 Å². The fourth-order valence-electron chi connectivity index (χ4n) is 2.07. The molecule has 0 rings (SSSR count). The van der Waals surface area contributed by atoms with Crippen molar-refractivity contribution in [1.82, 2.24) is 0 Å². The standard InChI is InChI=1S/C11H22O3S/c1-5-9(6-2)10(7-3)11(8-4)15(12,13)14/h9H,5-8H2,1-4H3,(H,12,13,14). The van der Waals surface area contributed by atoms with E-state index in [9.17, 15) is 8.42 Å². The van der Waals surface area contributed by atoms with Gasteiger partial charge in [0, 0.05) is 0 Å². The fourth-order valence-corrected chi connectivity index (χ4v) is 3.08. The first kappa shape index (κ1) is 14.6. The third-order valence-corrected chi connectivity index (χ3v) is 4.02. The minimum absolute atomic E-state index is 0.221. The third kappa shape index (κ3) is 3.95. The number of hydrogen-bond donors (Lipinski definition) is 1. The molecule has 0 unspecified atom stereocenters. The lowest BCUT2D eigenvalue weighted by atomic mass is 9.91. The summed E-state index contributed by atoms with van der Waals surface area (Å²) in [6, 6.07) is 0. The molecule has 0 aliphatic heterocycles. The smallest absolute Gasteiger partial charge is 0.282 e. The van der Waals surface area contributed by atoms with E-state index in [1.54, 1.807) is 6.92 Å². The lowest BCUT2D eigenvalue weighted by Gasteiger charge is -2.19. The second-order valence-corrected chi connectivity index (χ2v) is 5.09. The lowest BCUT2D eigenvalue weighted by Crippen LogP contribution is -2.11. The Bertz CT molecular complexity index is 311. The molecule has 0 heterocycles. The van der Waals surface area contributed by atoms with Gasteiger partial charge in [-0.2, -0.15) is 8.42 Å². The minimum Gasteiger partial charge on any atom is -0.282 e. The molecule has 1 N–H and O–H groups in total. The fraction of sp³-hybridized carbons (Fsp3) is 0.818. The first-order chi connectivity index (χ1) is 6.92. The molecule has 4 heteroatoms. The van der Waals surface area contributed by atoms with Crippen molar-refractivity contribution in [3.05, 3.63) is 10.5 Å². The van der Waals surface area contributed by atoms with E-state index in [1.165, 1.54) is 0 Å². The largest absolute Gasteiger partial charge is 0.290 e. The van der Waals surface area contributed by atoms with Crippen molar-refractivity contribution < 1.29 is 13.0 Å². The Kier molecular flexibility index (Phi) is 6.13. The van der Waals surface area contributed by atoms with E-state index in [0.29, 0.717) is 12.8 Å². The molecule has 90 valence electrons. The normalized spacial score (nSPS) is 14.3. The average molecular weight is 234 g/mol. The van der Waals surface area contributed by atoms with Crippen LogP contribution in [0, 0.1) is 5.92 Å². The molecular formula is C11H22O3S. The maximum absolute atomic E-state index is 11.2. The molecule has 0 saturated carbocycles. The zero-order chi connectivity index (χ0) is 12.1. The maximum atomic E-state index is 11.2. The summed E-state index contributed by atoms with van der Waals surface area (Å²) in [5.74, 6) is 0.270. The molecule has 0 bridgehead atoms. The quantitative estimate of drug-likeness (QED) is 0.717. The van der Waals surface area contributed by atoms with Gasteiger partial charge in [-0.1, -0.05) is 33.3 Å². The second-order valence-electron chi connectivity index (χ2n) is 3.64. The summed E-state index contributed by atoms with van der Waals surface area (Å²) in [7, 11) is -4.01. The molecule has 0 fully saturated rings. The molecule has 15 heavy (non-hydrogen) atoms. The van der Waals surface area contributed by atoms with E-state index in [-0.39, 0.29) is 10.8 Å². The predicted octanol–water partition coefficient (Wildman–Crippen LogP) is 3.38. The van der Waals surface area contributed by atoms with Crippen LogP contribution in [0.2, 0.25) is 0 Å². The summed E-state index contributed by atoms with van der Waals surface area (Å²) < 4.78 is 31.5. The molecule has 0 aromatic carbocycles. The van der Waals surface area contributed by atoms with Gasteiger partial charge in [-0.15, -0.1) is 0 Å². The Balaban J connectivity index is 5.44. The lowest BCUT2D eigenvalue weighted by molar-refractivity contribution is 0.484. The second kappa shape index (κ2) is 6.28. The van der Waals surface area contributed by atoms with Crippen molar-refractivity contribution in [3.63, 3.8) is 0 Å². The molecule has 0 aliphatic rings. The van der Waals surface area contributed by atoms with Crippen molar-refractivity contribution >= 4 is 10.1 Å². The molecule has 0 aromatic rings. The Labute approximate surface area is 93.3 Å². The van der Waals surface area contributed by atoms with Gasteiger partial charge in [0.2, 0.25) is 0 Å². The van der Waals surface area contributed by atoms with Gasteiger partial charge in [-0.3, -0.25) is 4.55 Å². The maximum Gasteiger partial charge on any atom is 0.290 e. The summed E-state index contributed by atoms with van der Waals surface area (Å²) >= 11 is 0. The highest BCUT2D eigenvalue weighted by Gasteiger charge is 2.20. The van der Waals surface area contributed by atoms with Crippen LogP contribution in [0.4, 0.5) is 0 Å². The van der Waals surface area contributed by atoms with E-state index in [4.69, 9.17) is 4.55 Å². The topological polar surface area (TPSA) is 54.4 Å². The van der Waals surface area contributed by atoms with Gasteiger partial charge in [0.05, 0.1) is 4.91 Å². The molecular weight excluding hydrogens is 212 g/mol. The monoisotopic (exact) mass is 234 g/mol. The number of rotatable bonds is 6. The van der Waals surface area contributed by atoms with Crippen LogP contribution in [0.1, 0.15) is 53.4 Å². The van der Waals surface area contributed by atoms with E-state index in [2.05, 4.69) is 0 Å². The Hall–Kier alpha value is -0.350. The van der Waals surface area contributed by atoms with Gasteiger partial charge in [-0.05, 0) is 31.6 Å². The van der Waals surface area contributed by atoms with Gasteiger partial charge < -0.3 is 0 Å². The summed E-state index contributed by atoms with van der Waals surface area (Å²) in [4.78, 5) is 0.221. The van der Waals surface area contributed by atoms with Gasteiger partial charge in [0.15, 0.2) is 0 Å². The minimum atomic E-state index is -4.01. The molecule has 0 spiro atoms. The van der Waals surface area contributed by atoms with Crippen molar-refractivity contribution in [2.75, 3.05) is 0 Å². The number of hydrogen-bond acceptors (Lipinski definition) is 2. The molecule has 0 aromatic heterocycles. The van der Waals surface area contributed by atoms with E-state index in [0.717, 1.165) is 18.4 Å². The summed E-state index contributed by atoms with van der Waals surface area (Å²) in [6.45, 7) is 7.79. The highest BCUT2D eigenvalue weighted by Crippen LogP contribution is 2.28. The first-order valence-corrected chi connectivity index (χ1v) is 7.05. The number of allylic oxidation sites excluding steroid dienone is 2. The van der Waals surface area contributed by atoms with Crippen molar-refractivity contribution in [1.29, 1.82) is 0 Å². The zero-order valence-corrected chi connectivity index (χ0v) is 10.9. The summed E-state index contributed by atoms with van der Waals surface area (Å²) in [5, 5.41) is 0. The van der Waals surface area contributed by atoms with E-state index < -0.39 is 10.1 Å². The van der Waals surface area contributed by atoms with Gasteiger partial charge in [0.25, 0.3) is 10.1 Å². The molecule has 0 aliphatic carbocycles. The van der Waals surface area contributed by atoms with Gasteiger partial charge in [-0.25, -0.2) is 0 Å². The van der Waals surface area contributed by atoms with Crippen LogP contribution in [0.15, 0.2) is 10.5 Å². The predicted molar refractivity (Wildman–Crippen MR) is 63.2 cm³/mol.